The zero-order chi connectivity index (χ0) is 17.7. The van der Waals surface area contributed by atoms with Crippen LogP contribution in [-0.2, 0) is 0 Å². The molecule has 1 saturated heterocycles. The number of piperazine rings is 1. The van der Waals surface area contributed by atoms with Crippen LogP contribution < -0.4 is 4.90 Å². The van der Waals surface area contributed by atoms with Crippen molar-refractivity contribution in [2.75, 3.05) is 44.7 Å². The van der Waals surface area contributed by atoms with E-state index in [1.807, 2.05) is 41.1 Å². The Bertz CT molecular complexity index is 530. The van der Waals surface area contributed by atoms with Gasteiger partial charge in [-0.05, 0) is 44.5 Å². The van der Waals surface area contributed by atoms with Crippen molar-refractivity contribution in [3.05, 3.63) is 29.8 Å². The lowest BCUT2D eigenvalue weighted by atomic mass is 10.1. The molecule has 5 nitrogen and oxygen atoms in total. The van der Waals surface area contributed by atoms with Crippen LogP contribution in [0.5, 0.6) is 0 Å². The molecule has 0 aromatic heterocycles. The summed E-state index contributed by atoms with van der Waals surface area (Å²) in [6, 6.07) is 8.64. The van der Waals surface area contributed by atoms with E-state index in [1.54, 1.807) is 0 Å². The SMILES string of the molecule is CCC1CN(C(=O)c2ccc(N(C)CCO)cc2)CCN1C(C)C. The van der Waals surface area contributed by atoms with Crippen molar-refractivity contribution in [2.24, 2.45) is 0 Å². The Labute approximate surface area is 145 Å². The minimum Gasteiger partial charge on any atom is -0.395 e. The topological polar surface area (TPSA) is 47.0 Å². The van der Waals surface area contributed by atoms with Crippen LogP contribution in [-0.4, -0.2) is 72.7 Å². The first-order valence-electron chi connectivity index (χ1n) is 8.95. The molecule has 134 valence electrons. The number of carbonyl (C=O) groups excluding carboxylic acids is 1. The highest BCUT2D eigenvalue weighted by molar-refractivity contribution is 5.94. The average molecular weight is 333 g/mol. The van der Waals surface area contributed by atoms with Gasteiger partial charge in [-0.15, -0.1) is 0 Å². The van der Waals surface area contributed by atoms with Gasteiger partial charge in [0.25, 0.3) is 5.91 Å². The molecular formula is C19H31N3O2. The highest BCUT2D eigenvalue weighted by Crippen LogP contribution is 2.19. The first-order valence-corrected chi connectivity index (χ1v) is 8.95. The third kappa shape index (κ3) is 4.28. The predicted molar refractivity (Wildman–Crippen MR) is 98.6 cm³/mol. The number of amides is 1. The molecule has 24 heavy (non-hydrogen) atoms. The summed E-state index contributed by atoms with van der Waals surface area (Å²) in [6.45, 7) is 9.89. The van der Waals surface area contributed by atoms with Gasteiger partial charge in [0.2, 0.25) is 0 Å². The number of aliphatic hydroxyl groups excluding tert-OH is 1. The number of likely N-dealkylation sites (N-methyl/N-ethyl adjacent to an activating group) is 1. The van der Waals surface area contributed by atoms with Gasteiger partial charge in [-0.1, -0.05) is 6.92 Å². The molecule has 5 heteroatoms. The summed E-state index contributed by atoms with van der Waals surface area (Å²) in [7, 11) is 1.93. The third-order valence-electron chi connectivity index (χ3n) is 4.94. The molecule has 1 aromatic rings. The number of hydrogen-bond donors (Lipinski definition) is 1. The van der Waals surface area contributed by atoms with Crippen LogP contribution >= 0.6 is 0 Å². The summed E-state index contributed by atoms with van der Waals surface area (Å²) in [5, 5.41) is 9.01. The second-order valence-corrected chi connectivity index (χ2v) is 6.84. The fraction of sp³-hybridized carbons (Fsp3) is 0.632. The summed E-state index contributed by atoms with van der Waals surface area (Å²) in [5.74, 6) is 0.119. The molecule has 1 amide bonds. The van der Waals surface area contributed by atoms with Crippen LogP contribution in [0.2, 0.25) is 0 Å². The smallest absolute Gasteiger partial charge is 0.253 e. The number of rotatable bonds is 6. The van der Waals surface area contributed by atoms with Gasteiger partial charge in [0.05, 0.1) is 6.61 Å². The molecule has 2 rings (SSSR count). The summed E-state index contributed by atoms with van der Waals surface area (Å²) in [6.07, 6.45) is 1.06. The minimum absolute atomic E-state index is 0.119. The molecule has 1 aromatic carbocycles. The molecule has 1 aliphatic heterocycles. The number of carbonyl (C=O) groups is 1. The summed E-state index contributed by atoms with van der Waals surface area (Å²) in [5.41, 5.74) is 1.75. The van der Waals surface area contributed by atoms with Gasteiger partial charge in [-0.3, -0.25) is 9.69 Å². The summed E-state index contributed by atoms with van der Waals surface area (Å²) >= 11 is 0. The van der Waals surface area contributed by atoms with E-state index < -0.39 is 0 Å². The fourth-order valence-electron chi connectivity index (χ4n) is 3.42. The Kier molecular flexibility index (Phi) is 6.63. The number of nitrogens with zero attached hydrogens (tertiary/aromatic N) is 3. The Morgan fingerprint density at radius 3 is 2.50 bits per heavy atom. The molecule has 0 radical (unpaired) electrons. The largest absolute Gasteiger partial charge is 0.395 e. The van der Waals surface area contributed by atoms with E-state index in [0.717, 1.165) is 37.3 Å². The van der Waals surface area contributed by atoms with Crippen LogP contribution in [0, 0.1) is 0 Å². The van der Waals surface area contributed by atoms with Gasteiger partial charge in [0.15, 0.2) is 0 Å². The van der Waals surface area contributed by atoms with E-state index in [0.29, 0.717) is 18.6 Å². The molecule has 1 fully saturated rings. The molecule has 0 saturated carbocycles. The predicted octanol–water partition coefficient (Wildman–Crippen LogP) is 2.06. The van der Waals surface area contributed by atoms with Gasteiger partial charge < -0.3 is 14.9 Å². The van der Waals surface area contributed by atoms with Gasteiger partial charge in [-0.2, -0.15) is 0 Å². The zero-order valence-electron chi connectivity index (χ0n) is 15.4. The Balaban J connectivity index is 2.04. The fourth-order valence-corrected chi connectivity index (χ4v) is 3.42. The van der Waals surface area contributed by atoms with Crippen LogP contribution in [0.3, 0.4) is 0 Å². The molecule has 1 heterocycles. The quantitative estimate of drug-likeness (QED) is 0.866. The van der Waals surface area contributed by atoms with Crippen molar-refractivity contribution in [3.63, 3.8) is 0 Å². The van der Waals surface area contributed by atoms with Crippen molar-refractivity contribution in [3.8, 4) is 0 Å². The molecule has 0 bridgehead atoms. The first kappa shape index (κ1) is 18.7. The lowest BCUT2D eigenvalue weighted by Gasteiger charge is -2.43. The Morgan fingerprint density at radius 2 is 1.96 bits per heavy atom. The van der Waals surface area contributed by atoms with Crippen molar-refractivity contribution >= 4 is 11.6 Å². The zero-order valence-corrected chi connectivity index (χ0v) is 15.4. The summed E-state index contributed by atoms with van der Waals surface area (Å²) in [4.78, 5) is 19.3. The van der Waals surface area contributed by atoms with Crippen LogP contribution in [0.1, 0.15) is 37.6 Å². The van der Waals surface area contributed by atoms with Crippen LogP contribution in [0.4, 0.5) is 5.69 Å². The van der Waals surface area contributed by atoms with Crippen molar-refractivity contribution in [1.82, 2.24) is 9.80 Å². The first-order chi connectivity index (χ1) is 11.5. The normalized spacial score (nSPS) is 18.9. The van der Waals surface area contributed by atoms with Crippen LogP contribution in [0.15, 0.2) is 24.3 Å². The van der Waals surface area contributed by atoms with E-state index in [-0.39, 0.29) is 12.5 Å². The molecule has 1 atom stereocenters. The minimum atomic E-state index is 0.119. The molecule has 1 N–H and O–H groups in total. The molecule has 1 aliphatic rings. The van der Waals surface area contributed by atoms with Crippen molar-refractivity contribution < 1.29 is 9.90 Å². The maximum atomic E-state index is 12.8. The Morgan fingerprint density at radius 1 is 1.29 bits per heavy atom. The molecule has 1 unspecified atom stereocenters. The lowest BCUT2D eigenvalue weighted by Crippen LogP contribution is -2.56. The van der Waals surface area contributed by atoms with E-state index in [4.69, 9.17) is 5.11 Å². The van der Waals surface area contributed by atoms with E-state index in [2.05, 4.69) is 25.7 Å². The van der Waals surface area contributed by atoms with E-state index in [1.165, 1.54) is 0 Å². The second-order valence-electron chi connectivity index (χ2n) is 6.84. The number of hydrogen-bond acceptors (Lipinski definition) is 4. The van der Waals surface area contributed by atoms with E-state index in [9.17, 15) is 4.79 Å². The molecular weight excluding hydrogens is 302 g/mol. The van der Waals surface area contributed by atoms with Crippen molar-refractivity contribution in [1.29, 1.82) is 0 Å². The second kappa shape index (κ2) is 8.49. The maximum absolute atomic E-state index is 12.8. The monoisotopic (exact) mass is 333 g/mol. The molecule has 0 aliphatic carbocycles. The van der Waals surface area contributed by atoms with Crippen molar-refractivity contribution in [2.45, 2.75) is 39.3 Å². The van der Waals surface area contributed by atoms with Gasteiger partial charge in [0, 0.05) is 56.6 Å². The lowest BCUT2D eigenvalue weighted by molar-refractivity contribution is 0.0371. The average Bonchev–Trinajstić information content (AvgIpc) is 2.60. The van der Waals surface area contributed by atoms with Crippen LogP contribution in [0.25, 0.3) is 0 Å². The highest BCUT2D eigenvalue weighted by atomic mass is 16.3. The number of benzene rings is 1. The van der Waals surface area contributed by atoms with E-state index >= 15 is 0 Å². The van der Waals surface area contributed by atoms with Gasteiger partial charge in [0.1, 0.15) is 0 Å². The Hall–Kier alpha value is -1.59. The van der Waals surface area contributed by atoms with Gasteiger partial charge in [-0.25, -0.2) is 0 Å². The number of aliphatic hydroxyl groups is 1. The standard InChI is InChI=1S/C19H31N3O2/c1-5-17-14-21(10-11-22(17)15(2)3)19(24)16-6-8-18(9-7-16)20(4)12-13-23/h6-9,15,17,23H,5,10-14H2,1-4H3. The maximum Gasteiger partial charge on any atom is 0.253 e. The van der Waals surface area contributed by atoms with Gasteiger partial charge >= 0.3 is 0 Å². The number of anilines is 1. The molecule has 0 spiro atoms. The summed E-state index contributed by atoms with van der Waals surface area (Å²) < 4.78 is 0. The highest BCUT2D eigenvalue weighted by Gasteiger charge is 2.30. The third-order valence-corrected chi connectivity index (χ3v) is 4.94.